The first kappa shape index (κ1) is 15.6. The monoisotopic (exact) mass is 242 g/mol. The van der Waals surface area contributed by atoms with Crippen molar-refractivity contribution in [2.45, 2.75) is 32.7 Å². The summed E-state index contributed by atoms with van der Waals surface area (Å²) in [5.41, 5.74) is 5.52. The van der Waals surface area contributed by atoms with Gasteiger partial charge in [-0.3, -0.25) is 4.79 Å². The maximum absolute atomic E-state index is 11.8. The lowest BCUT2D eigenvalue weighted by Crippen LogP contribution is -2.45. The van der Waals surface area contributed by atoms with Crippen LogP contribution < -0.4 is 11.1 Å². The number of nitrogens with one attached hydrogen (secondary N) is 1. The van der Waals surface area contributed by atoms with Crippen LogP contribution in [0.1, 0.15) is 26.7 Å². The van der Waals surface area contributed by atoms with E-state index in [-0.39, 0.29) is 24.8 Å². The van der Waals surface area contributed by atoms with Crippen molar-refractivity contribution in [3.63, 3.8) is 0 Å². The van der Waals surface area contributed by atoms with Gasteiger partial charge in [-0.2, -0.15) is 0 Å². The minimum Gasteiger partial charge on any atom is -0.480 e. The molecule has 0 rings (SSSR count). The Morgan fingerprint density at radius 2 is 2.06 bits per heavy atom. The molecular weight excluding hydrogens is 220 g/mol. The first-order valence-corrected chi connectivity index (χ1v) is 5.76. The lowest BCUT2D eigenvalue weighted by atomic mass is 9.96. The molecule has 0 radical (unpaired) electrons. The zero-order valence-electron chi connectivity index (χ0n) is 10.5. The van der Waals surface area contributed by atoms with Crippen LogP contribution in [0.2, 0.25) is 0 Å². The SMILES string of the molecule is C=CCC(NC(=O)C(CN)CC(C)C)C(=O)O. The third-order valence-electron chi connectivity index (χ3n) is 2.43. The molecule has 0 spiro atoms. The average molecular weight is 242 g/mol. The third-order valence-corrected chi connectivity index (χ3v) is 2.43. The Hall–Kier alpha value is -1.36. The van der Waals surface area contributed by atoms with Gasteiger partial charge >= 0.3 is 5.97 Å². The molecule has 0 aliphatic carbocycles. The molecule has 5 heteroatoms. The van der Waals surface area contributed by atoms with E-state index < -0.39 is 12.0 Å². The van der Waals surface area contributed by atoms with Crippen LogP contribution in [0.3, 0.4) is 0 Å². The second-order valence-corrected chi connectivity index (χ2v) is 4.49. The summed E-state index contributed by atoms with van der Waals surface area (Å²) in [5, 5.41) is 11.4. The summed E-state index contributed by atoms with van der Waals surface area (Å²) in [6.07, 6.45) is 2.34. The van der Waals surface area contributed by atoms with Gasteiger partial charge in [0.1, 0.15) is 6.04 Å². The summed E-state index contributed by atoms with van der Waals surface area (Å²) < 4.78 is 0. The van der Waals surface area contributed by atoms with Crippen LogP contribution in [-0.2, 0) is 9.59 Å². The Morgan fingerprint density at radius 3 is 2.41 bits per heavy atom. The summed E-state index contributed by atoms with van der Waals surface area (Å²) in [6.45, 7) is 7.68. The van der Waals surface area contributed by atoms with Gasteiger partial charge in [0.2, 0.25) is 5.91 Å². The molecule has 17 heavy (non-hydrogen) atoms. The van der Waals surface area contributed by atoms with Crippen molar-refractivity contribution in [2.75, 3.05) is 6.54 Å². The van der Waals surface area contributed by atoms with Crippen LogP contribution in [0.15, 0.2) is 12.7 Å². The van der Waals surface area contributed by atoms with E-state index in [0.717, 1.165) is 0 Å². The zero-order chi connectivity index (χ0) is 13.4. The van der Waals surface area contributed by atoms with E-state index in [2.05, 4.69) is 11.9 Å². The van der Waals surface area contributed by atoms with Crippen LogP contribution >= 0.6 is 0 Å². The highest BCUT2D eigenvalue weighted by Gasteiger charge is 2.24. The van der Waals surface area contributed by atoms with E-state index in [1.54, 1.807) is 0 Å². The van der Waals surface area contributed by atoms with Gasteiger partial charge in [0, 0.05) is 6.54 Å². The van der Waals surface area contributed by atoms with Crippen molar-refractivity contribution in [1.82, 2.24) is 5.32 Å². The molecule has 0 saturated heterocycles. The van der Waals surface area contributed by atoms with Gasteiger partial charge in [-0.25, -0.2) is 4.79 Å². The van der Waals surface area contributed by atoms with Gasteiger partial charge in [-0.15, -0.1) is 6.58 Å². The topological polar surface area (TPSA) is 92.4 Å². The molecule has 0 aromatic heterocycles. The van der Waals surface area contributed by atoms with Crippen molar-refractivity contribution >= 4 is 11.9 Å². The fraction of sp³-hybridized carbons (Fsp3) is 0.667. The fourth-order valence-corrected chi connectivity index (χ4v) is 1.56. The number of aliphatic carboxylic acids is 1. The number of hydrogen-bond acceptors (Lipinski definition) is 3. The number of carboxylic acids is 1. The fourth-order valence-electron chi connectivity index (χ4n) is 1.56. The van der Waals surface area contributed by atoms with Crippen molar-refractivity contribution in [3.05, 3.63) is 12.7 Å². The normalized spacial score (nSPS) is 14.1. The number of amides is 1. The summed E-state index contributed by atoms with van der Waals surface area (Å²) in [5.74, 6) is -1.34. The molecule has 0 bridgehead atoms. The van der Waals surface area contributed by atoms with Crippen molar-refractivity contribution in [3.8, 4) is 0 Å². The van der Waals surface area contributed by atoms with E-state index in [9.17, 15) is 9.59 Å². The van der Waals surface area contributed by atoms with Crippen molar-refractivity contribution in [2.24, 2.45) is 17.6 Å². The number of carboxylic acid groups (broad SMARTS) is 1. The highest BCUT2D eigenvalue weighted by atomic mass is 16.4. The molecule has 1 amide bonds. The second-order valence-electron chi connectivity index (χ2n) is 4.49. The first-order valence-electron chi connectivity index (χ1n) is 5.76. The van der Waals surface area contributed by atoms with E-state index in [0.29, 0.717) is 12.3 Å². The molecule has 0 saturated carbocycles. The minimum atomic E-state index is -1.06. The highest BCUT2D eigenvalue weighted by Crippen LogP contribution is 2.11. The predicted octanol–water partition coefficient (Wildman–Crippen LogP) is 0.753. The smallest absolute Gasteiger partial charge is 0.326 e. The molecule has 0 aromatic rings. The Kier molecular flexibility index (Phi) is 7.21. The molecular formula is C12H22N2O3. The van der Waals surface area contributed by atoms with Gasteiger partial charge in [0.25, 0.3) is 0 Å². The number of carbonyl (C=O) groups excluding carboxylic acids is 1. The Morgan fingerprint density at radius 1 is 1.47 bits per heavy atom. The second kappa shape index (κ2) is 7.84. The maximum Gasteiger partial charge on any atom is 0.326 e. The Labute approximate surface area is 102 Å². The van der Waals surface area contributed by atoms with Gasteiger partial charge < -0.3 is 16.2 Å². The van der Waals surface area contributed by atoms with E-state index >= 15 is 0 Å². The third kappa shape index (κ3) is 6.06. The standard InChI is InChI=1S/C12H22N2O3/c1-4-5-10(12(16)17)14-11(15)9(7-13)6-8(2)3/h4,8-10H,1,5-7,13H2,2-3H3,(H,14,15)(H,16,17). The number of nitrogens with two attached hydrogens (primary N) is 1. The first-order chi connectivity index (χ1) is 7.92. The molecule has 2 unspecified atom stereocenters. The lowest BCUT2D eigenvalue weighted by Gasteiger charge is -2.19. The molecule has 0 heterocycles. The summed E-state index contributed by atoms with van der Waals surface area (Å²) in [6, 6.07) is -0.916. The highest BCUT2D eigenvalue weighted by molar-refractivity contribution is 5.85. The minimum absolute atomic E-state index is 0.208. The molecule has 4 N–H and O–H groups in total. The van der Waals surface area contributed by atoms with Gasteiger partial charge in [-0.1, -0.05) is 19.9 Å². The van der Waals surface area contributed by atoms with Crippen LogP contribution in [0.4, 0.5) is 0 Å². The van der Waals surface area contributed by atoms with Crippen LogP contribution in [-0.4, -0.2) is 29.6 Å². The molecule has 5 nitrogen and oxygen atoms in total. The Bertz CT molecular complexity index is 277. The largest absolute Gasteiger partial charge is 0.480 e. The number of carbonyl (C=O) groups is 2. The van der Waals surface area contributed by atoms with Gasteiger partial charge in [0.05, 0.1) is 5.92 Å². The summed E-state index contributed by atoms with van der Waals surface area (Å²) in [4.78, 5) is 22.7. The van der Waals surface area contributed by atoms with E-state index in [4.69, 9.17) is 10.8 Å². The lowest BCUT2D eigenvalue weighted by molar-refractivity contribution is -0.142. The molecule has 98 valence electrons. The van der Waals surface area contributed by atoms with Gasteiger partial charge in [0.15, 0.2) is 0 Å². The summed E-state index contributed by atoms with van der Waals surface area (Å²) in [7, 11) is 0. The van der Waals surface area contributed by atoms with E-state index in [1.165, 1.54) is 6.08 Å². The maximum atomic E-state index is 11.8. The van der Waals surface area contributed by atoms with Crippen molar-refractivity contribution in [1.29, 1.82) is 0 Å². The van der Waals surface area contributed by atoms with E-state index in [1.807, 2.05) is 13.8 Å². The number of hydrogen-bond donors (Lipinski definition) is 3. The van der Waals surface area contributed by atoms with Crippen molar-refractivity contribution < 1.29 is 14.7 Å². The predicted molar refractivity (Wildman–Crippen MR) is 66.4 cm³/mol. The molecule has 0 fully saturated rings. The quantitative estimate of drug-likeness (QED) is 0.548. The molecule has 2 atom stereocenters. The zero-order valence-corrected chi connectivity index (χ0v) is 10.5. The van der Waals surface area contributed by atoms with Gasteiger partial charge in [-0.05, 0) is 18.8 Å². The molecule has 0 aliphatic heterocycles. The van der Waals surface area contributed by atoms with Crippen LogP contribution in [0.25, 0.3) is 0 Å². The Balaban J connectivity index is 4.45. The average Bonchev–Trinajstić information content (AvgIpc) is 2.24. The van der Waals surface area contributed by atoms with Crippen LogP contribution in [0, 0.1) is 11.8 Å². The summed E-state index contributed by atoms with van der Waals surface area (Å²) >= 11 is 0. The number of rotatable bonds is 8. The molecule has 0 aromatic carbocycles. The van der Waals surface area contributed by atoms with Crippen LogP contribution in [0.5, 0.6) is 0 Å². The molecule has 0 aliphatic rings.